The molecule has 0 aliphatic rings. The van der Waals surface area contributed by atoms with Crippen LogP contribution in [0, 0.1) is 12.3 Å². The second-order valence-corrected chi connectivity index (χ2v) is 4.95. The highest BCUT2D eigenvalue weighted by Gasteiger charge is 2.08. The summed E-state index contributed by atoms with van der Waals surface area (Å²) in [5, 5.41) is 6.96. The van der Waals surface area contributed by atoms with E-state index in [1.165, 1.54) is 0 Å². The first kappa shape index (κ1) is 15.0. The summed E-state index contributed by atoms with van der Waals surface area (Å²) in [5.41, 5.74) is 9.10. The predicted molar refractivity (Wildman–Crippen MR) is 90.7 cm³/mol. The average molecular weight is 298 g/mol. The lowest BCUT2D eigenvalue weighted by Gasteiger charge is -2.18. The Morgan fingerprint density at radius 3 is 2.67 bits per heavy atom. The maximum atomic E-state index is 6.02. The fourth-order valence-electron chi connectivity index (χ4n) is 1.95. The predicted octanol–water partition coefficient (Wildman–Crippen LogP) is 3.79. The van der Waals surface area contributed by atoms with Crippen LogP contribution in [0.1, 0.15) is 12.5 Å². The summed E-state index contributed by atoms with van der Waals surface area (Å²) in [4.78, 5) is 0. The summed E-state index contributed by atoms with van der Waals surface area (Å²) in [7, 11) is 0. The lowest BCUT2D eigenvalue weighted by molar-refractivity contribution is 0.954. The van der Waals surface area contributed by atoms with Crippen LogP contribution >= 0.6 is 11.6 Å². The van der Waals surface area contributed by atoms with E-state index in [4.69, 9.17) is 23.8 Å². The van der Waals surface area contributed by atoms with Crippen LogP contribution in [-0.4, -0.2) is 12.3 Å². The third kappa shape index (κ3) is 3.77. The molecule has 0 heterocycles. The average Bonchev–Trinajstić information content (AvgIpc) is 2.50. The Morgan fingerprint density at radius 2 is 2.00 bits per heavy atom. The molecule has 0 radical (unpaired) electrons. The van der Waals surface area contributed by atoms with E-state index < -0.39 is 0 Å². The molecule has 0 aliphatic carbocycles. The molecule has 0 unspecified atom stereocenters. The van der Waals surface area contributed by atoms with Gasteiger partial charge in [0.2, 0.25) is 0 Å². The summed E-state index contributed by atoms with van der Waals surface area (Å²) in [5.74, 6) is 2.61. The highest BCUT2D eigenvalue weighted by atomic mass is 35.5. The van der Waals surface area contributed by atoms with Gasteiger partial charge in [-0.25, -0.2) is 0 Å². The van der Waals surface area contributed by atoms with E-state index in [0.29, 0.717) is 17.3 Å². The maximum Gasteiger partial charge on any atom is 0.102 e. The van der Waals surface area contributed by atoms with Crippen molar-refractivity contribution < 1.29 is 0 Å². The Hall–Kier alpha value is -2.44. The molecule has 2 aromatic rings. The number of nitrogen functional groups attached to an aromatic ring is 1. The molecule has 0 spiro atoms. The summed E-state index contributed by atoms with van der Waals surface area (Å²) < 4.78 is 0. The number of hydrogen-bond donors (Lipinski definition) is 1. The van der Waals surface area contributed by atoms with Gasteiger partial charge < -0.3 is 5.73 Å². The lowest BCUT2D eigenvalue weighted by Crippen LogP contribution is -2.19. The van der Waals surface area contributed by atoms with Crippen LogP contribution in [0.25, 0.3) is 0 Å². The Kier molecular flexibility index (Phi) is 4.86. The molecule has 106 valence electrons. The van der Waals surface area contributed by atoms with E-state index >= 15 is 0 Å². The van der Waals surface area contributed by atoms with Gasteiger partial charge >= 0.3 is 0 Å². The van der Waals surface area contributed by atoms with Gasteiger partial charge in [0.25, 0.3) is 0 Å². The Balaban J connectivity index is 2.38. The number of hydrogen-bond acceptors (Lipinski definition) is 3. The smallest absolute Gasteiger partial charge is 0.102 e. The first-order chi connectivity index (χ1) is 10.1. The molecular weight excluding hydrogens is 282 g/mol. The molecule has 0 bridgehead atoms. The zero-order chi connectivity index (χ0) is 15.2. The van der Waals surface area contributed by atoms with E-state index in [1.807, 2.05) is 37.3 Å². The Bertz CT molecular complexity index is 687. The van der Waals surface area contributed by atoms with Crippen molar-refractivity contribution in [1.82, 2.24) is 0 Å². The molecular formula is C17H16ClN3. The van der Waals surface area contributed by atoms with E-state index in [1.54, 1.807) is 23.2 Å². The molecule has 0 aliphatic heterocycles. The van der Waals surface area contributed by atoms with Crippen molar-refractivity contribution in [2.24, 2.45) is 5.10 Å². The fourth-order valence-corrected chi connectivity index (χ4v) is 2.12. The van der Waals surface area contributed by atoms with Gasteiger partial charge in [0, 0.05) is 16.3 Å². The van der Waals surface area contributed by atoms with Crippen molar-refractivity contribution in [1.29, 1.82) is 0 Å². The molecule has 4 heteroatoms. The molecule has 0 saturated carbocycles. The van der Waals surface area contributed by atoms with E-state index in [0.717, 1.165) is 17.0 Å². The molecule has 0 amide bonds. The third-order valence-corrected chi connectivity index (χ3v) is 3.21. The van der Waals surface area contributed by atoms with Crippen LogP contribution in [0.5, 0.6) is 0 Å². The summed E-state index contributed by atoms with van der Waals surface area (Å²) >= 11 is 6.02. The standard InChI is InChI=1S/C17H16ClN3/c1-3-11-21(15-7-5-4-6-8-15)20-13(2)16-12-14(18)9-10-17(16)19/h1,4-10,12H,11,19H2,2H3/b20-13+. The molecule has 3 nitrogen and oxygen atoms in total. The second-order valence-electron chi connectivity index (χ2n) is 4.51. The van der Waals surface area contributed by atoms with Crippen LogP contribution in [0.2, 0.25) is 5.02 Å². The zero-order valence-electron chi connectivity index (χ0n) is 11.8. The molecule has 0 saturated heterocycles. The zero-order valence-corrected chi connectivity index (χ0v) is 12.5. The quantitative estimate of drug-likeness (QED) is 0.404. The molecule has 0 fully saturated rings. The highest BCUT2D eigenvalue weighted by Crippen LogP contribution is 2.20. The van der Waals surface area contributed by atoms with Crippen LogP contribution in [0.4, 0.5) is 11.4 Å². The highest BCUT2D eigenvalue weighted by molar-refractivity contribution is 6.31. The molecule has 2 N–H and O–H groups in total. The van der Waals surface area contributed by atoms with Crippen LogP contribution in [0.3, 0.4) is 0 Å². The van der Waals surface area contributed by atoms with Gasteiger partial charge in [0.1, 0.15) is 6.54 Å². The van der Waals surface area contributed by atoms with Crippen LogP contribution < -0.4 is 10.7 Å². The van der Waals surface area contributed by atoms with Gasteiger partial charge in [-0.15, -0.1) is 6.42 Å². The minimum Gasteiger partial charge on any atom is -0.398 e. The van der Waals surface area contributed by atoms with Gasteiger partial charge in [-0.1, -0.05) is 35.7 Å². The van der Waals surface area contributed by atoms with Crippen molar-refractivity contribution in [2.45, 2.75) is 6.92 Å². The number of hydrazone groups is 1. The first-order valence-electron chi connectivity index (χ1n) is 6.48. The number of rotatable bonds is 4. The number of terminal acetylenes is 1. The number of nitrogens with two attached hydrogens (primary N) is 1. The second kappa shape index (κ2) is 6.83. The fraction of sp³-hybridized carbons (Fsp3) is 0.118. The van der Waals surface area contributed by atoms with E-state index in [9.17, 15) is 0 Å². The topological polar surface area (TPSA) is 41.6 Å². The number of benzene rings is 2. The largest absolute Gasteiger partial charge is 0.398 e. The molecule has 0 aromatic heterocycles. The van der Waals surface area contributed by atoms with Gasteiger partial charge in [-0.3, -0.25) is 5.01 Å². The Labute approximate surface area is 130 Å². The van der Waals surface area contributed by atoms with Crippen LogP contribution in [-0.2, 0) is 0 Å². The minimum absolute atomic E-state index is 0.377. The number of anilines is 2. The Morgan fingerprint density at radius 1 is 1.29 bits per heavy atom. The van der Waals surface area contributed by atoms with Crippen molar-refractivity contribution in [3.05, 3.63) is 59.1 Å². The van der Waals surface area contributed by atoms with E-state index in [2.05, 4.69) is 11.0 Å². The van der Waals surface area contributed by atoms with Gasteiger partial charge in [-0.05, 0) is 37.3 Å². The third-order valence-electron chi connectivity index (χ3n) is 2.97. The monoisotopic (exact) mass is 297 g/mol. The normalized spacial score (nSPS) is 11.0. The summed E-state index contributed by atoms with van der Waals surface area (Å²) in [6.07, 6.45) is 5.43. The van der Waals surface area contributed by atoms with Crippen LogP contribution in [0.15, 0.2) is 53.6 Å². The van der Waals surface area contributed by atoms with Gasteiger partial charge in [0.15, 0.2) is 0 Å². The molecule has 21 heavy (non-hydrogen) atoms. The summed E-state index contributed by atoms with van der Waals surface area (Å²) in [6, 6.07) is 15.1. The maximum absolute atomic E-state index is 6.02. The molecule has 0 atom stereocenters. The SMILES string of the molecule is C#CCN(/N=C(\C)c1cc(Cl)ccc1N)c1ccccc1. The number of para-hydroxylation sites is 1. The lowest BCUT2D eigenvalue weighted by atomic mass is 10.1. The molecule has 2 aromatic carbocycles. The summed E-state index contributed by atoms with van der Waals surface area (Å²) in [6.45, 7) is 2.26. The van der Waals surface area contributed by atoms with Crippen molar-refractivity contribution in [2.75, 3.05) is 17.3 Å². The number of nitrogens with zero attached hydrogens (tertiary/aromatic N) is 2. The first-order valence-corrected chi connectivity index (χ1v) is 6.86. The van der Waals surface area contributed by atoms with Gasteiger partial charge in [-0.2, -0.15) is 5.10 Å². The van der Waals surface area contributed by atoms with Crippen molar-refractivity contribution >= 4 is 28.7 Å². The van der Waals surface area contributed by atoms with Gasteiger partial charge in [0.05, 0.1) is 11.4 Å². The van der Waals surface area contributed by atoms with Crippen molar-refractivity contribution in [3.63, 3.8) is 0 Å². The van der Waals surface area contributed by atoms with Crippen molar-refractivity contribution in [3.8, 4) is 12.3 Å². The minimum atomic E-state index is 0.377. The van der Waals surface area contributed by atoms with E-state index in [-0.39, 0.29) is 0 Å². The number of halogens is 1. The molecule has 2 rings (SSSR count).